The highest BCUT2D eigenvalue weighted by Gasteiger charge is 2.20. The van der Waals surface area contributed by atoms with Gasteiger partial charge in [-0.25, -0.2) is 0 Å². The summed E-state index contributed by atoms with van der Waals surface area (Å²) in [6.07, 6.45) is 3.50. The van der Waals surface area contributed by atoms with Crippen LogP contribution in [-0.2, 0) is 14.3 Å². The highest BCUT2D eigenvalue weighted by molar-refractivity contribution is 5.92. The molecule has 0 aromatic heterocycles. The predicted molar refractivity (Wildman–Crippen MR) is 98.7 cm³/mol. The van der Waals surface area contributed by atoms with Crippen LogP contribution < -0.4 is 0 Å². The smallest absolute Gasteiger partial charge is 0.307 e. The molecule has 0 fully saturated rings. The Bertz CT molecular complexity index is 710. The Morgan fingerprint density at radius 1 is 1.04 bits per heavy atom. The SMILES string of the molecule is COC(=O)CCN(C(=O)/C=C/c1ccccc1)C(C)c1ccccc1. The van der Waals surface area contributed by atoms with Gasteiger partial charge in [0.2, 0.25) is 5.91 Å². The lowest BCUT2D eigenvalue weighted by Gasteiger charge is -2.28. The van der Waals surface area contributed by atoms with Crippen molar-refractivity contribution in [3.8, 4) is 0 Å². The first-order valence-corrected chi connectivity index (χ1v) is 8.27. The van der Waals surface area contributed by atoms with E-state index < -0.39 is 0 Å². The number of amides is 1. The number of hydrogen-bond donors (Lipinski definition) is 0. The zero-order valence-electron chi connectivity index (χ0n) is 14.6. The van der Waals surface area contributed by atoms with Crippen molar-refractivity contribution in [3.05, 3.63) is 77.9 Å². The molecule has 2 aromatic rings. The van der Waals surface area contributed by atoms with Gasteiger partial charge in [-0.3, -0.25) is 9.59 Å². The van der Waals surface area contributed by atoms with Gasteiger partial charge in [0.15, 0.2) is 0 Å². The lowest BCUT2D eigenvalue weighted by Crippen LogP contribution is -2.34. The molecule has 0 heterocycles. The molecule has 4 heteroatoms. The van der Waals surface area contributed by atoms with Crippen LogP contribution >= 0.6 is 0 Å². The number of carbonyl (C=O) groups is 2. The van der Waals surface area contributed by atoms with Crippen molar-refractivity contribution in [1.29, 1.82) is 0 Å². The highest BCUT2D eigenvalue weighted by Crippen LogP contribution is 2.21. The van der Waals surface area contributed by atoms with Crippen molar-refractivity contribution >= 4 is 18.0 Å². The summed E-state index contributed by atoms with van der Waals surface area (Å²) >= 11 is 0. The molecule has 2 rings (SSSR count). The minimum atomic E-state index is -0.329. The standard InChI is InChI=1S/C21H23NO3/c1-17(19-11-7-4-8-12-19)22(16-15-21(24)25-2)20(23)14-13-18-9-5-3-6-10-18/h3-14,17H,15-16H2,1-2H3/b14-13+. The first-order valence-electron chi connectivity index (χ1n) is 8.27. The van der Waals surface area contributed by atoms with Gasteiger partial charge >= 0.3 is 5.97 Å². The first kappa shape index (κ1) is 18.5. The molecule has 0 saturated heterocycles. The molecule has 0 aliphatic rings. The third-order valence-electron chi connectivity index (χ3n) is 4.03. The molecule has 4 nitrogen and oxygen atoms in total. The van der Waals surface area contributed by atoms with Crippen LogP contribution in [0.2, 0.25) is 0 Å². The Labute approximate surface area is 148 Å². The molecule has 0 radical (unpaired) electrons. The van der Waals surface area contributed by atoms with Crippen LogP contribution in [-0.4, -0.2) is 30.4 Å². The zero-order valence-corrected chi connectivity index (χ0v) is 14.6. The first-order chi connectivity index (χ1) is 12.1. The summed E-state index contributed by atoms with van der Waals surface area (Å²) in [4.78, 5) is 25.9. The van der Waals surface area contributed by atoms with Crippen LogP contribution in [0.15, 0.2) is 66.7 Å². The average molecular weight is 337 g/mol. The highest BCUT2D eigenvalue weighted by atomic mass is 16.5. The summed E-state index contributed by atoms with van der Waals surface area (Å²) in [5, 5.41) is 0. The Hall–Kier alpha value is -2.88. The number of esters is 1. The average Bonchev–Trinajstić information content (AvgIpc) is 2.67. The van der Waals surface area contributed by atoms with E-state index in [1.165, 1.54) is 7.11 Å². The molecule has 0 aliphatic heterocycles. The van der Waals surface area contributed by atoms with E-state index in [-0.39, 0.29) is 24.3 Å². The van der Waals surface area contributed by atoms with Crippen molar-refractivity contribution in [2.24, 2.45) is 0 Å². The third-order valence-corrected chi connectivity index (χ3v) is 4.03. The van der Waals surface area contributed by atoms with Gasteiger partial charge in [-0.1, -0.05) is 60.7 Å². The summed E-state index contributed by atoms with van der Waals surface area (Å²) in [7, 11) is 1.35. The van der Waals surface area contributed by atoms with Gasteiger partial charge < -0.3 is 9.64 Å². The van der Waals surface area contributed by atoms with Gasteiger partial charge in [-0.15, -0.1) is 0 Å². The van der Waals surface area contributed by atoms with E-state index in [9.17, 15) is 9.59 Å². The molecule has 2 aromatic carbocycles. The van der Waals surface area contributed by atoms with Crippen LogP contribution in [0.3, 0.4) is 0 Å². The number of nitrogens with zero attached hydrogens (tertiary/aromatic N) is 1. The molecule has 0 N–H and O–H groups in total. The van der Waals surface area contributed by atoms with E-state index in [1.54, 1.807) is 17.1 Å². The maximum Gasteiger partial charge on any atom is 0.307 e. The fourth-order valence-electron chi connectivity index (χ4n) is 2.55. The van der Waals surface area contributed by atoms with E-state index in [2.05, 4.69) is 0 Å². The van der Waals surface area contributed by atoms with E-state index in [0.717, 1.165) is 11.1 Å². The van der Waals surface area contributed by atoms with Crippen molar-refractivity contribution < 1.29 is 14.3 Å². The molecular weight excluding hydrogens is 314 g/mol. The predicted octanol–water partition coefficient (Wildman–Crippen LogP) is 3.85. The second kappa shape index (κ2) is 9.42. The quantitative estimate of drug-likeness (QED) is 0.569. The lowest BCUT2D eigenvalue weighted by molar-refractivity contribution is -0.141. The van der Waals surface area contributed by atoms with Crippen molar-refractivity contribution in [3.63, 3.8) is 0 Å². The summed E-state index contributed by atoms with van der Waals surface area (Å²) in [5.74, 6) is -0.464. The molecule has 1 amide bonds. The van der Waals surface area contributed by atoms with Crippen molar-refractivity contribution in [2.45, 2.75) is 19.4 Å². The van der Waals surface area contributed by atoms with Gasteiger partial charge in [-0.05, 0) is 24.1 Å². The largest absolute Gasteiger partial charge is 0.469 e. The van der Waals surface area contributed by atoms with Crippen LogP contribution in [0.25, 0.3) is 6.08 Å². The van der Waals surface area contributed by atoms with Gasteiger partial charge in [-0.2, -0.15) is 0 Å². The maximum atomic E-state index is 12.7. The van der Waals surface area contributed by atoms with Crippen LogP contribution in [0, 0.1) is 0 Å². The van der Waals surface area contributed by atoms with Crippen molar-refractivity contribution in [1.82, 2.24) is 4.90 Å². The van der Waals surface area contributed by atoms with Crippen molar-refractivity contribution in [2.75, 3.05) is 13.7 Å². The number of hydrogen-bond acceptors (Lipinski definition) is 3. The zero-order chi connectivity index (χ0) is 18.1. The number of benzene rings is 2. The molecule has 25 heavy (non-hydrogen) atoms. The number of carbonyl (C=O) groups excluding carboxylic acids is 2. The van der Waals surface area contributed by atoms with Crippen LogP contribution in [0.5, 0.6) is 0 Å². The molecule has 0 saturated carbocycles. The minimum Gasteiger partial charge on any atom is -0.469 e. The molecule has 1 atom stereocenters. The number of methoxy groups -OCH3 is 1. The molecule has 130 valence electrons. The monoisotopic (exact) mass is 337 g/mol. The van der Waals surface area contributed by atoms with Gasteiger partial charge in [0.25, 0.3) is 0 Å². The summed E-state index contributed by atoms with van der Waals surface area (Å²) in [6.45, 7) is 2.27. The van der Waals surface area contributed by atoms with Crippen LogP contribution in [0.4, 0.5) is 0 Å². The number of ether oxygens (including phenoxy) is 1. The molecular formula is C21H23NO3. The normalized spacial score (nSPS) is 11.9. The third kappa shape index (κ3) is 5.60. The van der Waals surface area contributed by atoms with Gasteiger partial charge in [0.1, 0.15) is 0 Å². The Kier molecular flexibility index (Phi) is 6.96. The Morgan fingerprint density at radius 2 is 1.64 bits per heavy atom. The number of rotatable bonds is 7. The summed E-state index contributed by atoms with van der Waals surface area (Å²) < 4.78 is 4.70. The van der Waals surface area contributed by atoms with Gasteiger partial charge in [0, 0.05) is 12.6 Å². The molecule has 1 unspecified atom stereocenters. The topological polar surface area (TPSA) is 46.6 Å². The maximum absolute atomic E-state index is 12.7. The van der Waals surface area contributed by atoms with E-state index in [0.29, 0.717) is 6.54 Å². The summed E-state index contributed by atoms with van der Waals surface area (Å²) in [6, 6.07) is 19.3. The summed E-state index contributed by atoms with van der Waals surface area (Å²) in [5.41, 5.74) is 1.98. The minimum absolute atomic E-state index is 0.135. The van der Waals surface area contributed by atoms with E-state index in [1.807, 2.05) is 67.6 Å². The molecule has 0 aliphatic carbocycles. The molecule has 0 spiro atoms. The lowest BCUT2D eigenvalue weighted by atomic mass is 10.1. The second-order valence-corrected chi connectivity index (χ2v) is 5.69. The van der Waals surface area contributed by atoms with E-state index >= 15 is 0 Å². The van der Waals surface area contributed by atoms with Gasteiger partial charge in [0.05, 0.1) is 19.6 Å². The Balaban J connectivity index is 2.16. The Morgan fingerprint density at radius 3 is 2.24 bits per heavy atom. The van der Waals surface area contributed by atoms with Crippen LogP contribution in [0.1, 0.15) is 30.5 Å². The fourth-order valence-corrected chi connectivity index (χ4v) is 2.55. The molecule has 0 bridgehead atoms. The second-order valence-electron chi connectivity index (χ2n) is 5.69. The fraction of sp³-hybridized carbons (Fsp3) is 0.238. The van der Waals surface area contributed by atoms with E-state index in [4.69, 9.17) is 4.74 Å².